The van der Waals surface area contributed by atoms with Crippen molar-refractivity contribution in [2.45, 2.75) is 6.18 Å². The summed E-state index contributed by atoms with van der Waals surface area (Å²) < 4.78 is 41.6. The summed E-state index contributed by atoms with van der Waals surface area (Å²) >= 11 is 7.02. The molecule has 0 atom stereocenters. The average Bonchev–Trinajstić information content (AvgIpc) is 3.17. The van der Waals surface area contributed by atoms with Crippen LogP contribution < -0.4 is 4.90 Å². The second-order valence-electron chi connectivity index (χ2n) is 5.07. The van der Waals surface area contributed by atoms with Gasteiger partial charge < -0.3 is 0 Å². The van der Waals surface area contributed by atoms with Crippen LogP contribution in [0, 0.1) is 0 Å². The molecule has 0 fully saturated rings. The molecule has 0 N–H and O–H groups in total. The number of benzene rings is 2. The largest absolute Gasteiger partial charge is 0.442 e. The minimum absolute atomic E-state index is 0.155. The lowest BCUT2D eigenvalue weighted by molar-refractivity contribution is -0.0572. The summed E-state index contributed by atoms with van der Waals surface area (Å²) in [5.74, 6) is 0. The highest BCUT2D eigenvalue weighted by atomic mass is 32.1. The molecule has 0 saturated heterocycles. The molecule has 3 nitrogen and oxygen atoms in total. The van der Waals surface area contributed by atoms with Crippen LogP contribution in [0.5, 0.6) is 0 Å². The third kappa shape index (κ3) is 2.99. The van der Waals surface area contributed by atoms with Gasteiger partial charge in [0.15, 0.2) is 15.3 Å². The summed E-state index contributed by atoms with van der Waals surface area (Å²) in [5, 5.41) is 0.310. The van der Waals surface area contributed by atoms with Gasteiger partial charge in [-0.3, -0.25) is 0 Å². The number of anilines is 2. The number of para-hydroxylation sites is 2. The second kappa shape index (κ2) is 6.01. The van der Waals surface area contributed by atoms with E-state index in [1.807, 2.05) is 24.3 Å². The molecule has 0 aliphatic heterocycles. The number of aromatic nitrogens is 2. The Kier molecular flexibility index (Phi) is 3.94. The van der Waals surface area contributed by atoms with Gasteiger partial charge in [0.1, 0.15) is 0 Å². The van der Waals surface area contributed by atoms with E-state index >= 15 is 0 Å². The van der Waals surface area contributed by atoms with E-state index in [2.05, 4.69) is 9.97 Å². The lowest BCUT2D eigenvalue weighted by Gasteiger charge is -2.20. The summed E-state index contributed by atoms with van der Waals surface area (Å²) in [6.07, 6.45) is -4.66. The van der Waals surface area contributed by atoms with Gasteiger partial charge in [0, 0.05) is 0 Å². The molecule has 2 aromatic carbocycles. The molecule has 2 heterocycles. The maximum absolute atomic E-state index is 13.4. The fourth-order valence-electron chi connectivity index (χ4n) is 2.29. The Bertz CT molecular complexity index is 944. The number of hydrogen-bond donors (Lipinski definition) is 0. The van der Waals surface area contributed by atoms with Crippen molar-refractivity contribution in [1.29, 1.82) is 0 Å². The van der Waals surface area contributed by atoms with Crippen molar-refractivity contribution in [2.75, 3.05) is 4.90 Å². The lowest BCUT2D eigenvalue weighted by atomic mass is 10.3. The lowest BCUT2D eigenvalue weighted by Crippen LogP contribution is -2.36. The summed E-state index contributed by atoms with van der Waals surface area (Å²) in [4.78, 5) is 8.38. The molecule has 0 saturated carbocycles. The predicted molar refractivity (Wildman–Crippen MR) is 100 cm³/mol. The van der Waals surface area contributed by atoms with Crippen LogP contribution in [0.25, 0.3) is 20.4 Å². The predicted octanol–water partition coefficient (Wildman–Crippen LogP) is 5.93. The molecule has 0 unspecified atom stereocenters. The highest BCUT2D eigenvalue weighted by Gasteiger charge is 2.41. The van der Waals surface area contributed by atoms with Gasteiger partial charge in [-0.05, 0) is 24.3 Å². The Morgan fingerprint density at radius 1 is 0.840 bits per heavy atom. The fourth-order valence-corrected chi connectivity index (χ4v) is 4.59. The van der Waals surface area contributed by atoms with Crippen molar-refractivity contribution >= 4 is 70.6 Å². The number of fused-ring (bicyclic) bond motifs is 2. The maximum Gasteiger partial charge on any atom is 0.442 e. The van der Waals surface area contributed by atoms with E-state index in [-0.39, 0.29) is 10.3 Å². The first-order valence-corrected chi connectivity index (χ1v) is 9.10. The molecule has 0 aliphatic rings. The van der Waals surface area contributed by atoms with E-state index < -0.39 is 11.2 Å². The van der Waals surface area contributed by atoms with E-state index in [0.29, 0.717) is 11.0 Å². The molecule has 4 rings (SSSR count). The van der Waals surface area contributed by atoms with E-state index in [4.69, 9.17) is 12.2 Å². The van der Waals surface area contributed by atoms with Crippen LogP contribution in [0.15, 0.2) is 48.5 Å². The van der Waals surface area contributed by atoms with Crippen LogP contribution in [-0.2, 0) is 0 Å². The molecule has 2 aromatic heterocycles. The zero-order valence-corrected chi connectivity index (χ0v) is 14.8. The Balaban J connectivity index is 1.90. The van der Waals surface area contributed by atoms with Crippen LogP contribution in [0.4, 0.5) is 23.4 Å². The summed E-state index contributed by atoms with van der Waals surface area (Å²) in [5.41, 5.74) is 1.25. The van der Waals surface area contributed by atoms with Gasteiger partial charge in [-0.1, -0.05) is 59.2 Å². The number of thiocarbonyl (C=S) groups is 1. The molecule has 126 valence electrons. The van der Waals surface area contributed by atoms with E-state index in [9.17, 15) is 13.2 Å². The number of thiazole rings is 2. The highest BCUT2D eigenvalue weighted by molar-refractivity contribution is 7.80. The van der Waals surface area contributed by atoms with E-state index in [1.165, 1.54) is 0 Å². The Morgan fingerprint density at radius 3 is 1.68 bits per heavy atom. The number of rotatable bonds is 2. The molecule has 0 spiro atoms. The minimum atomic E-state index is -4.66. The smallest absolute Gasteiger partial charge is 0.247 e. The van der Waals surface area contributed by atoms with Gasteiger partial charge in [0.05, 0.1) is 20.4 Å². The molecule has 0 aliphatic carbocycles. The molecule has 0 amide bonds. The first kappa shape index (κ1) is 16.4. The SMILES string of the molecule is FC(F)(F)C(=S)N(c1nc2ccccc2s1)c1nc2ccccc2s1. The van der Waals surface area contributed by atoms with Crippen molar-refractivity contribution in [3.8, 4) is 0 Å². The Labute approximate surface area is 153 Å². The van der Waals surface area contributed by atoms with E-state index in [1.54, 1.807) is 24.3 Å². The molecule has 0 radical (unpaired) electrons. The van der Waals surface area contributed by atoms with Gasteiger partial charge in [-0.2, -0.15) is 13.2 Å². The second-order valence-corrected chi connectivity index (χ2v) is 7.47. The normalized spacial score (nSPS) is 12.0. The molecular weight excluding hydrogens is 387 g/mol. The van der Waals surface area contributed by atoms with E-state index in [0.717, 1.165) is 37.0 Å². The minimum Gasteiger partial charge on any atom is -0.247 e. The number of hydrogen-bond acceptors (Lipinski definition) is 5. The highest BCUT2D eigenvalue weighted by Crippen LogP contribution is 2.40. The Hall–Kier alpha value is -2.10. The molecular formula is C16H8F3N3S3. The monoisotopic (exact) mass is 395 g/mol. The topological polar surface area (TPSA) is 29.0 Å². The first-order chi connectivity index (χ1) is 11.9. The first-order valence-electron chi connectivity index (χ1n) is 7.06. The van der Waals surface area contributed by atoms with Crippen LogP contribution in [0.3, 0.4) is 0 Å². The van der Waals surface area contributed by atoms with Gasteiger partial charge >= 0.3 is 6.18 Å². The van der Waals surface area contributed by atoms with Crippen LogP contribution in [0.2, 0.25) is 0 Å². The van der Waals surface area contributed by atoms with Crippen molar-refractivity contribution < 1.29 is 13.2 Å². The molecule has 25 heavy (non-hydrogen) atoms. The Morgan fingerprint density at radius 2 is 1.28 bits per heavy atom. The standard InChI is InChI=1S/C16H8F3N3S3/c17-16(18,19)13(23)22(14-20-9-5-1-3-7-11(9)24-14)15-21-10-6-2-4-8-12(10)25-15/h1-8H. The fraction of sp³-hybridized carbons (Fsp3) is 0.0625. The molecule has 0 bridgehead atoms. The van der Waals surface area contributed by atoms with Crippen LogP contribution >= 0.6 is 34.9 Å². The molecule has 4 aromatic rings. The quantitative estimate of drug-likeness (QED) is 0.393. The zero-order chi connectivity index (χ0) is 17.6. The van der Waals surface area contributed by atoms with Gasteiger partial charge in [-0.25, -0.2) is 14.9 Å². The summed E-state index contributed by atoms with van der Waals surface area (Å²) in [6.45, 7) is 0. The maximum atomic E-state index is 13.4. The van der Waals surface area contributed by atoms with Crippen molar-refractivity contribution in [2.24, 2.45) is 0 Å². The third-order valence-electron chi connectivity index (χ3n) is 3.39. The van der Waals surface area contributed by atoms with Crippen LogP contribution in [0.1, 0.15) is 0 Å². The third-order valence-corrected chi connectivity index (χ3v) is 5.85. The molecule has 9 heteroatoms. The van der Waals surface area contributed by atoms with Crippen LogP contribution in [-0.4, -0.2) is 21.1 Å². The number of alkyl halides is 3. The average molecular weight is 395 g/mol. The van der Waals surface area contributed by atoms with Crippen molar-refractivity contribution in [1.82, 2.24) is 9.97 Å². The zero-order valence-electron chi connectivity index (χ0n) is 12.3. The number of halogens is 3. The number of nitrogens with zero attached hydrogens (tertiary/aromatic N) is 3. The van der Waals surface area contributed by atoms with Gasteiger partial charge in [0.25, 0.3) is 0 Å². The summed E-state index contributed by atoms with van der Waals surface area (Å²) in [7, 11) is 0. The van der Waals surface area contributed by atoms with Crippen molar-refractivity contribution in [3.63, 3.8) is 0 Å². The van der Waals surface area contributed by atoms with Gasteiger partial charge in [0.2, 0.25) is 0 Å². The van der Waals surface area contributed by atoms with Crippen molar-refractivity contribution in [3.05, 3.63) is 48.5 Å². The summed E-state index contributed by atoms with van der Waals surface area (Å²) in [6, 6.07) is 14.3. The van der Waals surface area contributed by atoms with Gasteiger partial charge in [-0.15, -0.1) is 0 Å².